The summed E-state index contributed by atoms with van der Waals surface area (Å²) in [5.74, 6) is 0.414. The number of aromatic nitrogens is 2. The van der Waals surface area contributed by atoms with Gasteiger partial charge in [0.05, 0.1) is 31.0 Å². The second-order valence-corrected chi connectivity index (χ2v) is 6.07. The van der Waals surface area contributed by atoms with Gasteiger partial charge in [-0.3, -0.25) is 9.78 Å². The normalized spacial score (nSPS) is 19.9. The van der Waals surface area contributed by atoms with Crippen LogP contribution in [0.1, 0.15) is 28.2 Å². The molecule has 0 aliphatic carbocycles. The summed E-state index contributed by atoms with van der Waals surface area (Å²) in [5, 5.41) is 11.9. The minimum absolute atomic E-state index is 0.196. The van der Waals surface area contributed by atoms with Crippen LogP contribution >= 0.6 is 0 Å². The van der Waals surface area contributed by atoms with Crippen LogP contribution in [0.5, 0.6) is 5.75 Å². The van der Waals surface area contributed by atoms with Crippen molar-refractivity contribution in [1.82, 2.24) is 14.9 Å². The molecule has 0 saturated carbocycles. The molecule has 2 aromatic rings. The molecular formula is C18H20N4O3. The number of nitrogens with zero attached hydrogens (tertiary/aromatic N) is 3. The van der Waals surface area contributed by atoms with Gasteiger partial charge in [-0.15, -0.1) is 0 Å². The van der Waals surface area contributed by atoms with E-state index in [9.17, 15) is 4.79 Å². The van der Waals surface area contributed by atoms with Gasteiger partial charge in [0.1, 0.15) is 23.6 Å². The van der Waals surface area contributed by atoms with Gasteiger partial charge in [0.25, 0.3) is 5.91 Å². The highest BCUT2D eigenvalue weighted by Gasteiger charge is 2.30. The molecule has 1 aliphatic heterocycles. The second-order valence-electron chi connectivity index (χ2n) is 6.07. The lowest BCUT2D eigenvalue weighted by molar-refractivity contribution is -0.00311. The lowest BCUT2D eigenvalue weighted by Crippen LogP contribution is -2.52. The first-order chi connectivity index (χ1) is 12.1. The quantitative estimate of drug-likeness (QED) is 0.912. The molecule has 0 unspecified atom stereocenters. The minimum atomic E-state index is -0.275. The fourth-order valence-electron chi connectivity index (χ4n) is 2.79. The fourth-order valence-corrected chi connectivity index (χ4v) is 2.79. The molecule has 25 heavy (non-hydrogen) atoms. The van der Waals surface area contributed by atoms with Crippen LogP contribution in [0, 0.1) is 18.3 Å². The van der Waals surface area contributed by atoms with Gasteiger partial charge in [0, 0.05) is 25.4 Å². The van der Waals surface area contributed by atoms with Crippen molar-refractivity contribution in [3.8, 4) is 11.8 Å². The lowest BCUT2D eigenvalue weighted by atomic mass is 10.1. The number of nitriles is 1. The third kappa shape index (κ3) is 3.98. The number of amides is 1. The Morgan fingerprint density at radius 3 is 3.04 bits per heavy atom. The first kappa shape index (κ1) is 17.0. The summed E-state index contributed by atoms with van der Waals surface area (Å²) in [4.78, 5) is 16.8. The van der Waals surface area contributed by atoms with Crippen LogP contribution in [0.2, 0.25) is 0 Å². The average molecular weight is 340 g/mol. The van der Waals surface area contributed by atoms with Crippen LogP contribution < -0.4 is 10.1 Å². The number of hydrogen-bond acceptors (Lipinski definition) is 5. The van der Waals surface area contributed by atoms with Gasteiger partial charge >= 0.3 is 0 Å². The largest absolute Gasteiger partial charge is 0.486 e. The molecule has 2 atom stereocenters. The zero-order chi connectivity index (χ0) is 17.8. The van der Waals surface area contributed by atoms with Crippen molar-refractivity contribution in [2.75, 3.05) is 13.2 Å². The number of nitrogens with one attached hydrogen (secondary N) is 1. The summed E-state index contributed by atoms with van der Waals surface area (Å²) in [6, 6.07) is 7.08. The Balaban J connectivity index is 1.70. The summed E-state index contributed by atoms with van der Waals surface area (Å²) in [6.45, 7) is 2.88. The molecule has 0 aromatic carbocycles. The van der Waals surface area contributed by atoms with Crippen molar-refractivity contribution in [3.63, 3.8) is 0 Å². The highest BCUT2D eigenvalue weighted by Crippen LogP contribution is 2.18. The molecule has 7 nitrogen and oxygen atoms in total. The van der Waals surface area contributed by atoms with Gasteiger partial charge in [0.15, 0.2) is 0 Å². The summed E-state index contributed by atoms with van der Waals surface area (Å²) in [5.41, 5.74) is 1.80. The monoisotopic (exact) mass is 340 g/mol. The van der Waals surface area contributed by atoms with Crippen molar-refractivity contribution in [3.05, 3.63) is 47.5 Å². The number of carbonyl (C=O) groups is 1. The molecule has 2 aromatic heterocycles. The van der Waals surface area contributed by atoms with Gasteiger partial charge in [-0.2, -0.15) is 5.26 Å². The number of carbonyl (C=O) groups excluding carboxylic acids is 1. The average Bonchev–Trinajstić information content (AvgIpc) is 3.00. The zero-order valence-corrected chi connectivity index (χ0v) is 14.2. The van der Waals surface area contributed by atoms with Crippen LogP contribution in [0.25, 0.3) is 0 Å². The standard InChI is InChI=1S/C18H20N4O3/c1-12-3-4-14(9-20-12)25-17-5-6-24-11-15(17)21-18(23)16-7-13(8-19)10-22(16)2/h3-4,7,9-10,15,17H,5-6,11H2,1-2H3,(H,21,23)/t15-,17+/m1/s1. The summed E-state index contributed by atoms with van der Waals surface area (Å²) >= 11 is 0. The Bertz CT molecular complexity index is 792. The predicted molar refractivity (Wildman–Crippen MR) is 90.2 cm³/mol. The Hall–Kier alpha value is -2.85. The molecule has 1 fully saturated rings. The van der Waals surface area contributed by atoms with Gasteiger partial charge in [-0.1, -0.05) is 0 Å². The lowest BCUT2D eigenvalue weighted by Gasteiger charge is -2.32. The summed E-state index contributed by atoms with van der Waals surface area (Å²) < 4.78 is 13.1. The van der Waals surface area contributed by atoms with Crippen LogP contribution in [0.4, 0.5) is 0 Å². The Morgan fingerprint density at radius 1 is 1.52 bits per heavy atom. The molecule has 0 bridgehead atoms. The molecule has 1 N–H and O–H groups in total. The van der Waals surface area contributed by atoms with Crippen molar-refractivity contribution in [2.24, 2.45) is 7.05 Å². The second kappa shape index (κ2) is 7.36. The van der Waals surface area contributed by atoms with Crippen molar-refractivity contribution in [2.45, 2.75) is 25.5 Å². The maximum absolute atomic E-state index is 12.5. The van der Waals surface area contributed by atoms with E-state index in [2.05, 4.69) is 10.3 Å². The summed E-state index contributed by atoms with van der Waals surface area (Å²) in [6.07, 6.45) is 3.78. The number of pyridine rings is 1. The molecule has 1 aliphatic rings. The Morgan fingerprint density at radius 2 is 2.36 bits per heavy atom. The number of ether oxygens (including phenoxy) is 2. The van der Waals surface area contributed by atoms with E-state index in [1.165, 1.54) is 0 Å². The SMILES string of the molecule is Cc1ccc(O[C@H]2CCOC[C@H]2NC(=O)c2cc(C#N)cn2C)cn1. The number of hydrogen-bond donors (Lipinski definition) is 1. The smallest absolute Gasteiger partial charge is 0.268 e. The molecule has 3 heterocycles. The molecule has 1 amide bonds. The zero-order valence-electron chi connectivity index (χ0n) is 14.2. The topological polar surface area (TPSA) is 89.2 Å². The minimum Gasteiger partial charge on any atom is -0.486 e. The van der Waals surface area contributed by atoms with E-state index in [-0.39, 0.29) is 18.1 Å². The van der Waals surface area contributed by atoms with E-state index in [4.69, 9.17) is 14.7 Å². The number of aryl methyl sites for hydroxylation is 2. The van der Waals surface area contributed by atoms with E-state index in [1.54, 1.807) is 30.1 Å². The third-order valence-corrected chi connectivity index (χ3v) is 4.15. The highest BCUT2D eigenvalue weighted by molar-refractivity contribution is 5.93. The van der Waals surface area contributed by atoms with Crippen LogP contribution in [-0.4, -0.2) is 40.8 Å². The van der Waals surface area contributed by atoms with E-state index in [1.807, 2.05) is 25.1 Å². The maximum Gasteiger partial charge on any atom is 0.268 e. The summed E-state index contributed by atoms with van der Waals surface area (Å²) in [7, 11) is 1.74. The molecule has 130 valence electrons. The van der Waals surface area contributed by atoms with Crippen molar-refractivity contribution < 1.29 is 14.3 Å². The van der Waals surface area contributed by atoms with Gasteiger partial charge < -0.3 is 19.4 Å². The fraction of sp³-hybridized carbons (Fsp3) is 0.389. The maximum atomic E-state index is 12.5. The van der Waals surface area contributed by atoms with E-state index < -0.39 is 0 Å². The molecule has 0 radical (unpaired) electrons. The van der Waals surface area contributed by atoms with Gasteiger partial charge in [-0.05, 0) is 25.1 Å². The first-order valence-corrected chi connectivity index (χ1v) is 8.11. The van der Waals surface area contributed by atoms with E-state index in [0.717, 1.165) is 5.69 Å². The molecular weight excluding hydrogens is 320 g/mol. The van der Waals surface area contributed by atoms with Crippen molar-refractivity contribution in [1.29, 1.82) is 5.26 Å². The van der Waals surface area contributed by atoms with Crippen LogP contribution in [-0.2, 0) is 11.8 Å². The van der Waals surface area contributed by atoms with Crippen LogP contribution in [0.3, 0.4) is 0 Å². The van der Waals surface area contributed by atoms with Crippen molar-refractivity contribution >= 4 is 5.91 Å². The first-order valence-electron chi connectivity index (χ1n) is 8.11. The van der Waals surface area contributed by atoms with E-state index in [0.29, 0.717) is 36.6 Å². The van der Waals surface area contributed by atoms with Crippen LogP contribution in [0.15, 0.2) is 30.6 Å². The predicted octanol–water partition coefficient (Wildman–Crippen LogP) is 1.57. The Kier molecular flexibility index (Phi) is 5.00. The number of rotatable bonds is 4. The molecule has 1 saturated heterocycles. The molecule has 7 heteroatoms. The highest BCUT2D eigenvalue weighted by atomic mass is 16.5. The Labute approximate surface area is 146 Å². The van der Waals surface area contributed by atoms with Gasteiger partial charge in [-0.25, -0.2) is 0 Å². The third-order valence-electron chi connectivity index (χ3n) is 4.15. The van der Waals surface area contributed by atoms with E-state index >= 15 is 0 Å². The molecule has 3 rings (SSSR count). The molecule has 0 spiro atoms. The van der Waals surface area contributed by atoms with Gasteiger partial charge in [0.2, 0.25) is 0 Å².